The van der Waals surface area contributed by atoms with Crippen LogP contribution in [0, 0.1) is 0 Å². The van der Waals surface area contributed by atoms with Gasteiger partial charge in [-0.1, -0.05) is 12.2 Å². The van der Waals surface area contributed by atoms with Crippen molar-refractivity contribution in [2.45, 2.75) is 0 Å². The molecule has 0 fully saturated rings. The lowest BCUT2D eigenvalue weighted by Gasteiger charge is -2.13. The second-order valence-corrected chi connectivity index (χ2v) is 3.20. The quantitative estimate of drug-likeness (QED) is 0.606. The molecular formula is C12H13N2+. The average molecular weight is 185 g/mol. The van der Waals surface area contributed by atoms with Crippen molar-refractivity contribution in [3.63, 3.8) is 0 Å². The summed E-state index contributed by atoms with van der Waals surface area (Å²) < 4.78 is 2.02. The van der Waals surface area contributed by atoms with Gasteiger partial charge >= 0.3 is 0 Å². The lowest BCUT2D eigenvalue weighted by Crippen LogP contribution is -2.26. The van der Waals surface area contributed by atoms with Gasteiger partial charge in [-0.15, -0.1) is 0 Å². The van der Waals surface area contributed by atoms with Gasteiger partial charge in [0.1, 0.15) is 7.05 Å². The first kappa shape index (κ1) is 8.75. The van der Waals surface area contributed by atoms with Gasteiger partial charge in [-0.05, 0) is 12.2 Å². The molecule has 14 heavy (non-hydrogen) atoms. The first-order chi connectivity index (χ1) is 6.86. The highest BCUT2D eigenvalue weighted by Gasteiger charge is 2.01. The van der Waals surface area contributed by atoms with Gasteiger partial charge in [0.05, 0.1) is 5.69 Å². The van der Waals surface area contributed by atoms with E-state index in [2.05, 4.69) is 17.0 Å². The summed E-state index contributed by atoms with van der Waals surface area (Å²) in [4.78, 5) is 2.08. The summed E-state index contributed by atoms with van der Waals surface area (Å²) in [5.41, 5.74) is 1.17. The zero-order chi connectivity index (χ0) is 9.80. The third-order valence-electron chi connectivity index (χ3n) is 2.09. The van der Waals surface area contributed by atoms with Crippen molar-refractivity contribution < 1.29 is 4.57 Å². The SMILES string of the molecule is C[n+]1ccc(N2C=CC=CC=C2)cc1. The molecular weight excluding hydrogens is 172 g/mol. The molecule has 0 amide bonds. The van der Waals surface area contributed by atoms with Crippen molar-refractivity contribution in [1.29, 1.82) is 0 Å². The van der Waals surface area contributed by atoms with Gasteiger partial charge < -0.3 is 4.90 Å². The Morgan fingerprint density at radius 2 is 1.50 bits per heavy atom. The van der Waals surface area contributed by atoms with Crippen molar-refractivity contribution in [1.82, 2.24) is 0 Å². The molecule has 0 N–H and O–H groups in total. The van der Waals surface area contributed by atoms with Crippen LogP contribution in [0.15, 0.2) is 61.2 Å². The topological polar surface area (TPSA) is 7.12 Å². The third kappa shape index (κ3) is 1.91. The van der Waals surface area contributed by atoms with Crippen LogP contribution >= 0.6 is 0 Å². The van der Waals surface area contributed by atoms with Crippen LogP contribution in [0.3, 0.4) is 0 Å². The minimum Gasteiger partial charge on any atom is -0.323 e. The van der Waals surface area contributed by atoms with Crippen LogP contribution in [-0.4, -0.2) is 0 Å². The number of allylic oxidation sites excluding steroid dienone is 4. The zero-order valence-electron chi connectivity index (χ0n) is 8.17. The summed E-state index contributed by atoms with van der Waals surface area (Å²) in [6.07, 6.45) is 16.2. The van der Waals surface area contributed by atoms with Crippen molar-refractivity contribution in [2.24, 2.45) is 7.05 Å². The molecule has 2 rings (SSSR count). The van der Waals surface area contributed by atoms with Crippen molar-refractivity contribution >= 4 is 5.69 Å². The molecule has 0 atom stereocenters. The van der Waals surface area contributed by atoms with Crippen LogP contribution in [0.1, 0.15) is 0 Å². The van der Waals surface area contributed by atoms with Crippen LogP contribution in [-0.2, 0) is 7.05 Å². The molecule has 1 aromatic rings. The molecule has 70 valence electrons. The standard InChI is InChI=1S/C12H13N2/c1-13-10-6-12(7-11-13)14-8-4-2-3-5-9-14/h2-11H,1H3/q+1. The monoisotopic (exact) mass is 185 g/mol. The normalized spacial score (nSPS) is 14.5. The van der Waals surface area contributed by atoms with E-state index in [0.29, 0.717) is 0 Å². The minimum atomic E-state index is 1.17. The molecule has 1 aliphatic rings. The molecule has 0 saturated carbocycles. The lowest BCUT2D eigenvalue weighted by atomic mass is 10.3. The van der Waals surface area contributed by atoms with Gasteiger partial charge in [0.2, 0.25) is 0 Å². The van der Waals surface area contributed by atoms with E-state index < -0.39 is 0 Å². The molecule has 0 aromatic carbocycles. The maximum Gasteiger partial charge on any atom is 0.170 e. The van der Waals surface area contributed by atoms with Crippen molar-refractivity contribution in [3.05, 3.63) is 61.2 Å². The fraction of sp³-hybridized carbons (Fsp3) is 0.0833. The van der Waals surface area contributed by atoms with E-state index in [1.54, 1.807) is 0 Å². The summed E-state index contributed by atoms with van der Waals surface area (Å²) in [5.74, 6) is 0. The maximum absolute atomic E-state index is 2.08. The highest BCUT2D eigenvalue weighted by atomic mass is 15.1. The summed E-state index contributed by atoms with van der Waals surface area (Å²) in [6.45, 7) is 0. The van der Waals surface area contributed by atoms with Gasteiger partial charge in [0.25, 0.3) is 0 Å². The number of aromatic nitrogens is 1. The Hall–Kier alpha value is -1.83. The minimum absolute atomic E-state index is 1.17. The Labute approximate surface area is 84.1 Å². The fourth-order valence-electron chi connectivity index (χ4n) is 1.30. The number of pyridine rings is 1. The maximum atomic E-state index is 2.08. The van der Waals surface area contributed by atoms with E-state index in [1.165, 1.54) is 5.69 Å². The molecule has 0 bridgehead atoms. The van der Waals surface area contributed by atoms with Gasteiger partial charge in [0.15, 0.2) is 12.4 Å². The van der Waals surface area contributed by atoms with Crippen LogP contribution in [0.5, 0.6) is 0 Å². The van der Waals surface area contributed by atoms with Gasteiger partial charge in [-0.3, -0.25) is 0 Å². The first-order valence-electron chi connectivity index (χ1n) is 4.61. The Morgan fingerprint density at radius 3 is 2.07 bits per heavy atom. The van der Waals surface area contributed by atoms with Crippen LogP contribution in [0.25, 0.3) is 0 Å². The van der Waals surface area contributed by atoms with Crippen LogP contribution in [0.4, 0.5) is 5.69 Å². The van der Waals surface area contributed by atoms with E-state index in [0.717, 1.165) is 0 Å². The lowest BCUT2D eigenvalue weighted by molar-refractivity contribution is -0.671. The number of anilines is 1. The summed E-state index contributed by atoms with van der Waals surface area (Å²) in [6, 6.07) is 4.17. The molecule has 2 nitrogen and oxygen atoms in total. The average Bonchev–Trinajstić information content (AvgIpc) is 2.47. The first-order valence-corrected chi connectivity index (χ1v) is 4.61. The zero-order valence-corrected chi connectivity index (χ0v) is 8.17. The number of aryl methyl sites for hydroxylation is 1. The van der Waals surface area contributed by atoms with Gasteiger partial charge in [-0.2, -0.15) is 0 Å². The molecule has 0 saturated heterocycles. The smallest absolute Gasteiger partial charge is 0.170 e. The molecule has 0 unspecified atom stereocenters. The molecule has 0 spiro atoms. The molecule has 1 aromatic heterocycles. The summed E-state index contributed by atoms with van der Waals surface area (Å²) >= 11 is 0. The van der Waals surface area contributed by atoms with E-state index in [-0.39, 0.29) is 0 Å². The Kier molecular flexibility index (Phi) is 2.45. The molecule has 1 aliphatic heterocycles. The van der Waals surface area contributed by atoms with Gasteiger partial charge in [-0.25, -0.2) is 4.57 Å². The largest absolute Gasteiger partial charge is 0.323 e. The number of nitrogens with zero attached hydrogens (tertiary/aromatic N) is 2. The molecule has 2 heteroatoms. The Bertz CT molecular complexity index is 369. The summed E-state index contributed by atoms with van der Waals surface area (Å²) in [5, 5.41) is 0. The second-order valence-electron chi connectivity index (χ2n) is 3.20. The van der Waals surface area contributed by atoms with E-state index in [1.807, 2.05) is 60.7 Å². The number of hydrogen-bond donors (Lipinski definition) is 0. The highest BCUT2D eigenvalue weighted by Crippen LogP contribution is 2.13. The Balaban J connectivity index is 2.27. The van der Waals surface area contributed by atoms with E-state index in [9.17, 15) is 0 Å². The van der Waals surface area contributed by atoms with Crippen LogP contribution < -0.4 is 9.47 Å². The summed E-state index contributed by atoms with van der Waals surface area (Å²) in [7, 11) is 2.01. The van der Waals surface area contributed by atoms with E-state index >= 15 is 0 Å². The molecule has 0 aliphatic carbocycles. The highest BCUT2D eigenvalue weighted by molar-refractivity contribution is 5.51. The van der Waals surface area contributed by atoms with Crippen molar-refractivity contribution in [2.75, 3.05) is 4.90 Å². The molecule has 0 radical (unpaired) electrons. The predicted octanol–water partition coefficient (Wildman–Crippen LogP) is 1.91. The fourth-order valence-corrected chi connectivity index (χ4v) is 1.30. The predicted molar refractivity (Wildman–Crippen MR) is 57.5 cm³/mol. The third-order valence-corrected chi connectivity index (χ3v) is 2.09. The van der Waals surface area contributed by atoms with Crippen LogP contribution in [0.2, 0.25) is 0 Å². The van der Waals surface area contributed by atoms with E-state index in [4.69, 9.17) is 0 Å². The Morgan fingerprint density at radius 1 is 0.929 bits per heavy atom. The van der Waals surface area contributed by atoms with Crippen molar-refractivity contribution in [3.8, 4) is 0 Å². The second kappa shape index (κ2) is 3.92. The number of rotatable bonds is 1. The number of hydrogen-bond acceptors (Lipinski definition) is 1. The molecule has 2 heterocycles. The van der Waals surface area contributed by atoms with Gasteiger partial charge in [0, 0.05) is 24.5 Å².